The van der Waals surface area contributed by atoms with E-state index in [1.54, 1.807) is 30.3 Å². The molecule has 0 aliphatic carbocycles. The van der Waals surface area contributed by atoms with Crippen molar-refractivity contribution in [1.29, 1.82) is 0 Å². The van der Waals surface area contributed by atoms with Crippen LogP contribution < -0.4 is 14.9 Å². The Morgan fingerprint density at radius 1 is 1.19 bits per heavy atom. The highest BCUT2D eigenvalue weighted by Gasteiger charge is 2.42. The van der Waals surface area contributed by atoms with Gasteiger partial charge in [0.05, 0.1) is 30.7 Å². The normalized spacial score (nSPS) is 15.2. The molecule has 166 valence electrons. The minimum Gasteiger partial charge on any atom is -0.493 e. The maximum atomic E-state index is 13.6. The lowest BCUT2D eigenvalue weighted by Crippen LogP contribution is -2.32. The van der Waals surface area contributed by atoms with Crippen LogP contribution in [0.2, 0.25) is 0 Å². The van der Waals surface area contributed by atoms with Crippen molar-refractivity contribution in [2.45, 2.75) is 19.9 Å². The van der Waals surface area contributed by atoms with E-state index in [2.05, 4.69) is 6.58 Å². The third-order valence-corrected chi connectivity index (χ3v) is 5.60. The summed E-state index contributed by atoms with van der Waals surface area (Å²) in [4.78, 5) is 28.3. The Morgan fingerprint density at radius 2 is 1.97 bits per heavy atom. The van der Waals surface area contributed by atoms with Crippen LogP contribution >= 0.6 is 0 Å². The van der Waals surface area contributed by atoms with Crippen molar-refractivity contribution in [3.8, 4) is 11.5 Å². The molecule has 2 aromatic carbocycles. The molecule has 32 heavy (non-hydrogen) atoms. The van der Waals surface area contributed by atoms with Crippen LogP contribution in [-0.4, -0.2) is 42.8 Å². The van der Waals surface area contributed by atoms with Gasteiger partial charge in [0.2, 0.25) is 5.76 Å². The number of carbonyl (C=O) groups excluding carboxylic acids is 1. The summed E-state index contributed by atoms with van der Waals surface area (Å²) in [6.07, 6.45) is 1.63. The predicted molar refractivity (Wildman–Crippen MR) is 121 cm³/mol. The van der Waals surface area contributed by atoms with Crippen LogP contribution in [0.25, 0.3) is 11.0 Å². The molecule has 1 unspecified atom stereocenters. The number of aliphatic hydroxyl groups excluding tert-OH is 1. The summed E-state index contributed by atoms with van der Waals surface area (Å²) in [5, 5.41) is 10.0. The third kappa shape index (κ3) is 3.44. The van der Waals surface area contributed by atoms with Crippen LogP contribution in [0.1, 0.15) is 38.9 Å². The van der Waals surface area contributed by atoms with E-state index >= 15 is 0 Å². The molecule has 1 aromatic heterocycles. The first-order valence-electron chi connectivity index (χ1n) is 10.3. The zero-order valence-electron chi connectivity index (χ0n) is 18.3. The number of methoxy groups -OCH3 is 1. The van der Waals surface area contributed by atoms with Gasteiger partial charge in [-0.25, -0.2) is 0 Å². The first-order chi connectivity index (χ1) is 15.4. The molecule has 7 heteroatoms. The van der Waals surface area contributed by atoms with E-state index in [0.29, 0.717) is 34.6 Å². The lowest BCUT2D eigenvalue weighted by molar-refractivity contribution is 0.0691. The quantitative estimate of drug-likeness (QED) is 0.571. The van der Waals surface area contributed by atoms with Gasteiger partial charge >= 0.3 is 0 Å². The summed E-state index contributed by atoms with van der Waals surface area (Å²) in [7, 11) is 1.52. The Kier molecular flexibility index (Phi) is 5.76. The Labute approximate surface area is 185 Å². The lowest BCUT2D eigenvalue weighted by Gasteiger charge is -2.25. The highest BCUT2D eigenvalue weighted by atomic mass is 16.5. The summed E-state index contributed by atoms with van der Waals surface area (Å²) >= 11 is 0. The largest absolute Gasteiger partial charge is 0.493 e. The van der Waals surface area contributed by atoms with Crippen LogP contribution in [-0.2, 0) is 0 Å². The van der Waals surface area contributed by atoms with E-state index in [0.717, 1.165) is 11.1 Å². The molecular formula is C25H25NO6. The zero-order chi connectivity index (χ0) is 23.0. The molecule has 7 nitrogen and oxygen atoms in total. The van der Waals surface area contributed by atoms with Gasteiger partial charge in [0.1, 0.15) is 12.2 Å². The van der Waals surface area contributed by atoms with Crippen molar-refractivity contribution in [2.24, 2.45) is 0 Å². The number of rotatable bonds is 7. The molecule has 1 aliphatic heterocycles. The van der Waals surface area contributed by atoms with Crippen molar-refractivity contribution in [3.05, 3.63) is 81.2 Å². The van der Waals surface area contributed by atoms with Gasteiger partial charge in [-0.1, -0.05) is 24.8 Å². The number of benzene rings is 2. The highest BCUT2D eigenvalue weighted by Crippen LogP contribution is 2.41. The minimum absolute atomic E-state index is 0.0128. The van der Waals surface area contributed by atoms with Gasteiger partial charge in [0, 0.05) is 6.54 Å². The molecule has 2 heterocycles. The van der Waals surface area contributed by atoms with Crippen molar-refractivity contribution >= 4 is 16.9 Å². The molecule has 4 rings (SSSR count). The number of hydrogen-bond acceptors (Lipinski definition) is 6. The van der Waals surface area contributed by atoms with Gasteiger partial charge < -0.3 is 23.9 Å². The first kappa shape index (κ1) is 21.6. The van der Waals surface area contributed by atoms with Gasteiger partial charge in [0.15, 0.2) is 16.9 Å². The minimum atomic E-state index is -0.714. The fourth-order valence-corrected chi connectivity index (χ4v) is 4.28. The van der Waals surface area contributed by atoms with E-state index in [1.807, 2.05) is 19.9 Å². The molecule has 1 atom stereocenters. The Balaban J connectivity index is 1.95. The molecule has 1 N–H and O–H groups in total. The second-order valence-corrected chi connectivity index (χ2v) is 7.77. The van der Waals surface area contributed by atoms with Gasteiger partial charge in [-0.05, 0) is 48.7 Å². The van der Waals surface area contributed by atoms with Crippen LogP contribution in [0.3, 0.4) is 0 Å². The van der Waals surface area contributed by atoms with E-state index < -0.39 is 11.9 Å². The van der Waals surface area contributed by atoms with Crippen molar-refractivity contribution in [1.82, 2.24) is 4.90 Å². The van der Waals surface area contributed by atoms with Crippen LogP contribution in [0.5, 0.6) is 11.5 Å². The molecule has 0 saturated carbocycles. The van der Waals surface area contributed by atoms with E-state index in [1.165, 1.54) is 12.0 Å². The number of amides is 1. The molecule has 0 fully saturated rings. The van der Waals surface area contributed by atoms with Gasteiger partial charge in [0.25, 0.3) is 5.91 Å². The van der Waals surface area contributed by atoms with E-state index in [9.17, 15) is 14.7 Å². The summed E-state index contributed by atoms with van der Waals surface area (Å²) in [6, 6.07) is 8.22. The van der Waals surface area contributed by atoms with Crippen molar-refractivity contribution in [2.75, 3.05) is 26.9 Å². The highest BCUT2D eigenvalue weighted by molar-refractivity contribution is 5.99. The Bertz CT molecular complexity index is 1280. The topological polar surface area (TPSA) is 89.2 Å². The Morgan fingerprint density at radius 3 is 2.66 bits per heavy atom. The Hall–Kier alpha value is -3.58. The number of nitrogens with zero attached hydrogens (tertiary/aromatic N) is 1. The van der Waals surface area contributed by atoms with Gasteiger partial charge in [-0.2, -0.15) is 0 Å². The van der Waals surface area contributed by atoms with Crippen molar-refractivity contribution < 1.29 is 23.8 Å². The fraction of sp³-hybridized carbons (Fsp3) is 0.280. The number of fused-ring (bicyclic) bond motifs is 2. The summed E-state index contributed by atoms with van der Waals surface area (Å²) in [5.41, 5.74) is 2.80. The maximum absolute atomic E-state index is 13.6. The van der Waals surface area contributed by atoms with Crippen molar-refractivity contribution in [3.63, 3.8) is 0 Å². The molecule has 0 spiro atoms. The smallest absolute Gasteiger partial charge is 0.290 e. The number of hydrogen-bond donors (Lipinski definition) is 1. The SMILES string of the molecule is C=CCOc1ccc(C2c3c(oc4c(C)cc(C)cc4c3=O)C(=O)N2CCO)cc1OC. The zero-order valence-corrected chi connectivity index (χ0v) is 18.3. The second-order valence-electron chi connectivity index (χ2n) is 7.77. The predicted octanol–water partition coefficient (Wildman–Crippen LogP) is 3.52. The second kappa shape index (κ2) is 8.51. The van der Waals surface area contributed by atoms with Gasteiger partial charge in [-0.3, -0.25) is 9.59 Å². The fourth-order valence-electron chi connectivity index (χ4n) is 4.28. The number of carbonyl (C=O) groups is 1. The monoisotopic (exact) mass is 435 g/mol. The first-order valence-corrected chi connectivity index (χ1v) is 10.3. The van der Waals surface area contributed by atoms with Crippen LogP contribution in [0.4, 0.5) is 0 Å². The van der Waals surface area contributed by atoms with Crippen LogP contribution in [0, 0.1) is 13.8 Å². The average molecular weight is 435 g/mol. The van der Waals surface area contributed by atoms with E-state index in [4.69, 9.17) is 13.9 Å². The number of aryl methyl sites for hydroxylation is 2. The molecular weight excluding hydrogens is 410 g/mol. The molecule has 1 aliphatic rings. The molecule has 0 radical (unpaired) electrons. The lowest BCUT2D eigenvalue weighted by atomic mass is 9.97. The van der Waals surface area contributed by atoms with Crippen LogP contribution in [0.15, 0.2) is 52.2 Å². The number of β-amino-alcohol motifs (C(OH)–C–C–N with tert-alkyl or cyclic N) is 1. The summed E-state index contributed by atoms with van der Waals surface area (Å²) < 4.78 is 17.1. The molecule has 3 aromatic rings. The van der Waals surface area contributed by atoms with Gasteiger partial charge in [-0.15, -0.1) is 0 Å². The number of ether oxygens (including phenoxy) is 2. The summed E-state index contributed by atoms with van der Waals surface area (Å²) in [5.74, 6) is 0.570. The standard InChI is InChI=1S/C25H25NO6/c1-5-10-31-18-7-6-16(13-19(18)30-4)21-20-22(28)17-12-14(2)11-15(3)23(17)32-24(20)25(29)26(21)8-9-27/h5-7,11-13,21,27H,1,8-10H2,2-4H3. The molecule has 0 bridgehead atoms. The average Bonchev–Trinajstić information content (AvgIpc) is 3.05. The van der Waals surface area contributed by atoms with E-state index in [-0.39, 0.29) is 29.9 Å². The maximum Gasteiger partial charge on any atom is 0.290 e. The molecule has 1 amide bonds. The number of aliphatic hydroxyl groups is 1. The third-order valence-electron chi connectivity index (χ3n) is 5.60. The molecule has 0 saturated heterocycles. The summed E-state index contributed by atoms with van der Waals surface area (Å²) in [6.45, 7) is 7.51.